The fourth-order valence-corrected chi connectivity index (χ4v) is 4.60. The van der Waals surface area contributed by atoms with Gasteiger partial charge in [0.15, 0.2) is 0 Å². The molecule has 0 saturated carbocycles. The smallest absolute Gasteiger partial charge is 0.321 e. The van der Waals surface area contributed by atoms with Crippen LogP contribution < -0.4 is 10.6 Å². The highest BCUT2D eigenvalue weighted by Crippen LogP contribution is 2.30. The predicted octanol–water partition coefficient (Wildman–Crippen LogP) is 5.13. The zero-order chi connectivity index (χ0) is 22.7. The van der Waals surface area contributed by atoms with Crippen LogP contribution >= 0.6 is 11.3 Å². The van der Waals surface area contributed by atoms with Gasteiger partial charge in [0.25, 0.3) is 5.91 Å². The molecule has 0 radical (unpaired) electrons. The third-order valence-electron chi connectivity index (χ3n) is 5.64. The maximum absolute atomic E-state index is 12.9. The first-order valence-electron chi connectivity index (χ1n) is 10.7. The zero-order valence-electron chi connectivity index (χ0n) is 18.5. The number of carbonyl (C=O) groups is 2. The number of aryl methyl sites for hydroxylation is 3. The average Bonchev–Trinajstić information content (AvgIpc) is 3.28. The van der Waals surface area contributed by atoms with Crippen LogP contribution in [-0.4, -0.2) is 40.1 Å². The summed E-state index contributed by atoms with van der Waals surface area (Å²) in [6.07, 6.45) is 1.80. The predicted molar refractivity (Wildman–Crippen MR) is 128 cm³/mol. The fraction of sp³-hybridized carbons (Fsp3) is 0.333. The number of hydrogen-bond acceptors (Lipinski definition) is 5. The van der Waals surface area contributed by atoms with Gasteiger partial charge in [-0.3, -0.25) is 4.79 Å². The molecule has 0 spiro atoms. The van der Waals surface area contributed by atoms with Crippen LogP contribution in [0.3, 0.4) is 0 Å². The Kier molecular flexibility index (Phi) is 6.50. The lowest BCUT2D eigenvalue weighted by molar-refractivity contribution is 0.102. The summed E-state index contributed by atoms with van der Waals surface area (Å²) >= 11 is 1.30. The molecule has 32 heavy (non-hydrogen) atoms. The Morgan fingerprint density at radius 1 is 1.00 bits per heavy atom. The van der Waals surface area contributed by atoms with Crippen molar-refractivity contribution in [2.45, 2.75) is 39.5 Å². The number of likely N-dealkylation sites (tertiary alicyclic amines) is 1. The highest BCUT2D eigenvalue weighted by molar-refractivity contribution is 7.13. The van der Waals surface area contributed by atoms with Crippen molar-refractivity contribution < 1.29 is 9.59 Å². The summed E-state index contributed by atoms with van der Waals surface area (Å²) < 4.78 is 0. The number of rotatable bonds is 4. The Labute approximate surface area is 191 Å². The molecule has 3 aromatic rings. The Balaban J connectivity index is 1.39. The van der Waals surface area contributed by atoms with Gasteiger partial charge in [-0.25, -0.2) is 4.79 Å². The van der Waals surface area contributed by atoms with Crippen LogP contribution in [0, 0.1) is 20.8 Å². The summed E-state index contributed by atoms with van der Waals surface area (Å²) in [5, 5.41) is 15.4. The fourth-order valence-electron chi connectivity index (χ4n) is 3.74. The SMILES string of the molecule is Cc1ccc(NC(=O)c2nnc(C3CCCN(C(=O)Nc4cc(C)ccc4C)C3)s2)cc1. The zero-order valence-corrected chi connectivity index (χ0v) is 19.3. The summed E-state index contributed by atoms with van der Waals surface area (Å²) in [7, 11) is 0. The molecule has 4 rings (SSSR count). The van der Waals surface area contributed by atoms with E-state index < -0.39 is 0 Å². The summed E-state index contributed by atoms with van der Waals surface area (Å²) in [4.78, 5) is 27.2. The molecular formula is C24H27N5O2S. The lowest BCUT2D eigenvalue weighted by atomic mass is 9.99. The van der Waals surface area contributed by atoms with Gasteiger partial charge >= 0.3 is 6.03 Å². The van der Waals surface area contributed by atoms with Crippen molar-refractivity contribution in [1.29, 1.82) is 0 Å². The Hall–Kier alpha value is -3.26. The van der Waals surface area contributed by atoms with Crippen LogP contribution in [0.25, 0.3) is 0 Å². The van der Waals surface area contributed by atoms with Gasteiger partial charge in [0.05, 0.1) is 0 Å². The molecule has 7 nitrogen and oxygen atoms in total. The third-order valence-corrected chi connectivity index (χ3v) is 6.72. The van der Waals surface area contributed by atoms with E-state index in [-0.39, 0.29) is 17.9 Å². The molecule has 1 aliphatic heterocycles. The van der Waals surface area contributed by atoms with Crippen molar-refractivity contribution in [2.24, 2.45) is 0 Å². The summed E-state index contributed by atoms with van der Waals surface area (Å²) in [6, 6.07) is 13.5. The molecule has 0 bridgehead atoms. The van der Waals surface area contributed by atoms with Crippen molar-refractivity contribution in [3.05, 3.63) is 69.2 Å². The van der Waals surface area contributed by atoms with E-state index in [1.54, 1.807) is 0 Å². The van der Waals surface area contributed by atoms with E-state index >= 15 is 0 Å². The van der Waals surface area contributed by atoms with E-state index in [4.69, 9.17) is 0 Å². The number of piperidine rings is 1. The van der Waals surface area contributed by atoms with Crippen molar-refractivity contribution in [3.63, 3.8) is 0 Å². The molecule has 1 atom stereocenters. The Bertz CT molecular complexity index is 1130. The molecule has 3 amide bonds. The van der Waals surface area contributed by atoms with Crippen LogP contribution in [0.2, 0.25) is 0 Å². The molecule has 1 aliphatic rings. The maximum Gasteiger partial charge on any atom is 0.321 e. The van der Waals surface area contributed by atoms with Crippen LogP contribution in [0.15, 0.2) is 42.5 Å². The van der Waals surface area contributed by atoms with E-state index in [1.807, 2.05) is 68.1 Å². The summed E-state index contributed by atoms with van der Waals surface area (Å²) in [5.41, 5.74) is 4.83. The standard InChI is InChI=1S/C24H27N5O2S/c1-15-7-10-19(11-8-15)25-21(30)23-28-27-22(32-23)18-5-4-12-29(14-18)24(31)26-20-13-16(2)6-9-17(20)3/h6-11,13,18H,4-5,12,14H2,1-3H3,(H,25,30)(H,26,31). The number of urea groups is 1. The second-order valence-electron chi connectivity index (χ2n) is 8.30. The van der Waals surface area contributed by atoms with Crippen LogP contribution in [0.4, 0.5) is 16.2 Å². The van der Waals surface area contributed by atoms with Crippen molar-refractivity contribution in [1.82, 2.24) is 15.1 Å². The first-order chi connectivity index (χ1) is 15.4. The van der Waals surface area contributed by atoms with Gasteiger partial charge in [0.2, 0.25) is 5.01 Å². The van der Waals surface area contributed by atoms with E-state index in [9.17, 15) is 9.59 Å². The number of nitrogens with zero attached hydrogens (tertiary/aromatic N) is 3. The molecule has 8 heteroatoms. The Morgan fingerprint density at radius 3 is 2.53 bits per heavy atom. The minimum Gasteiger partial charge on any atom is -0.324 e. The van der Waals surface area contributed by atoms with Crippen molar-refractivity contribution >= 4 is 34.6 Å². The van der Waals surface area contributed by atoms with E-state index in [0.29, 0.717) is 18.1 Å². The van der Waals surface area contributed by atoms with Gasteiger partial charge < -0.3 is 15.5 Å². The lowest BCUT2D eigenvalue weighted by Crippen LogP contribution is -2.41. The quantitative estimate of drug-likeness (QED) is 0.578. The van der Waals surface area contributed by atoms with Gasteiger partial charge in [0, 0.05) is 30.4 Å². The highest BCUT2D eigenvalue weighted by Gasteiger charge is 2.28. The highest BCUT2D eigenvalue weighted by atomic mass is 32.1. The molecule has 2 heterocycles. The molecule has 2 N–H and O–H groups in total. The topological polar surface area (TPSA) is 87.2 Å². The molecule has 1 saturated heterocycles. The first-order valence-corrected chi connectivity index (χ1v) is 11.6. The molecule has 0 aliphatic carbocycles. The lowest BCUT2D eigenvalue weighted by Gasteiger charge is -2.31. The monoisotopic (exact) mass is 449 g/mol. The normalized spacial score (nSPS) is 16.0. The minimum absolute atomic E-state index is 0.0755. The number of aromatic nitrogens is 2. The number of nitrogens with one attached hydrogen (secondary N) is 2. The molecule has 1 unspecified atom stereocenters. The van der Waals surface area contributed by atoms with Crippen LogP contribution in [-0.2, 0) is 0 Å². The van der Waals surface area contributed by atoms with E-state index in [2.05, 4.69) is 20.8 Å². The van der Waals surface area contributed by atoms with Crippen molar-refractivity contribution in [3.8, 4) is 0 Å². The second kappa shape index (κ2) is 9.48. The number of carbonyl (C=O) groups excluding carboxylic acids is 2. The number of anilines is 2. The molecule has 2 aromatic carbocycles. The minimum atomic E-state index is -0.266. The van der Waals surface area contributed by atoms with E-state index in [0.717, 1.165) is 45.9 Å². The number of hydrogen-bond donors (Lipinski definition) is 2. The largest absolute Gasteiger partial charge is 0.324 e. The van der Waals surface area contributed by atoms with Gasteiger partial charge in [-0.05, 0) is 62.9 Å². The first kappa shape index (κ1) is 22.0. The van der Waals surface area contributed by atoms with Crippen LogP contribution in [0.1, 0.15) is 50.3 Å². The van der Waals surface area contributed by atoms with Crippen molar-refractivity contribution in [2.75, 3.05) is 23.7 Å². The Morgan fingerprint density at radius 2 is 1.75 bits per heavy atom. The molecule has 166 valence electrons. The average molecular weight is 450 g/mol. The second-order valence-corrected chi connectivity index (χ2v) is 9.31. The maximum atomic E-state index is 12.9. The summed E-state index contributed by atoms with van der Waals surface area (Å²) in [6.45, 7) is 7.25. The molecule has 1 fully saturated rings. The number of benzene rings is 2. The van der Waals surface area contributed by atoms with Gasteiger partial charge in [-0.1, -0.05) is 41.2 Å². The van der Waals surface area contributed by atoms with Crippen LogP contribution in [0.5, 0.6) is 0 Å². The number of amides is 3. The van der Waals surface area contributed by atoms with E-state index in [1.165, 1.54) is 11.3 Å². The molecule has 1 aromatic heterocycles. The van der Waals surface area contributed by atoms with Gasteiger partial charge in [0.1, 0.15) is 5.01 Å². The van der Waals surface area contributed by atoms with Gasteiger partial charge in [-0.2, -0.15) is 0 Å². The molecular weight excluding hydrogens is 422 g/mol. The van der Waals surface area contributed by atoms with Gasteiger partial charge in [-0.15, -0.1) is 10.2 Å². The third kappa shape index (κ3) is 5.13. The summed E-state index contributed by atoms with van der Waals surface area (Å²) in [5.74, 6) is -0.190.